The SMILES string of the molecule is CC(C)CNC(=O)[C@@H]1CCS(=O)(=O)[C@H]2CN(C)C[C@@H]12. The molecular formula is C13H24N2O3S. The Kier molecular flexibility index (Phi) is 4.20. The summed E-state index contributed by atoms with van der Waals surface area (Å²) in [5.74, 6) is 0.433. The van der Waals surface area contributed by atoms with E-state index in [1.165, 1.54) is 0 Å². The van der Waals surface area contributed by atoms with Gasteiger partial charge in [0.1, 0.15) is 0 Å². The van der Waals surface area contributed by atoms with Gasteiger partial charge in [0.05, 0.1) is 11.0 Å². The summed E-state index contributed by atoms with van der Waals surface area (Å²) in [6, 6.07) is 0. The van der Waals surface area contributed by atoms with Crippen molar-refractivity contribution in [1.29, 1.82) is 0 Å². The molecule has 2 aliphatic heterocycles. The van der Waals surface area contributed by atoms with Crippen LogP contribution in [0.15, 0.2) is 0 Å². The second-order valence-corrected chi connectivity index (χ2v) is 8.66. The summed E-state index contributed by atoms with van der Waals surface area (Å²) in [5.41, 5.74) is 0. The van der Waals surface area contributed by atoms with E-state index in [-0.39, 0.29) is 28.7 Å². The first-order valence-electron chi connectivity index (χ1n) is 6.99. The van der Waals surface area contributed by atoms with Gasteiger partial charge in [-0.3, -0.25) is 4.79 Å². The van der Waals surface area contributed by atoms with E-state index in [1.54, 1.807) is 0 Å². The molecule has 6 heteroatoms. The predicted molar refractivity (Wildman–Crippen MR) is 74.5 cm³/mol. The zero-order valence-corrected chi connectivity index (χ0v) is 12.7. The molecule has 19 heavy (non-hydrogen) atoms. The number of hydrogen-bond donors (Lipinski definition) is 1. The highest BCUT2D eigenvalue weighted by Crippen LogP contribution is 2.36. The standard InChI is InChI=1S/C13H24N2O3S/c1-9(2)6-14-13(16)10-4-5-19(17,18)12-8-15(3)7-11(10)12/h9-12H,4-8H2,1-3H3,(H,14,16)/t10-,11+,12+/m1/s1. The van der Waals surface area contributed by atoms with E-state index in [4.69, 9.17) is 0 Å². The van der Waals surface area contributed by atoms with Crippen molar-refractivity contribution in [2.75, 3.05) is 32.4 Å². The molecule has 0 saturated carbocycles. The minimum absolute atomic E-state index is 0.0316. The van der Waals surface area contributed by atoms with Crippen LogP contribution in [0.4, 0.5) is 0 Å². The van der Waals surface area contributed by atoms with E-state index < -0.39 is 9.84 Å². The van der Waals surface area contributed by atoms with Crippen LogP contribution in [0.25, 0.3) is 0 Å². The first-order valence-corrected chi connectivity index (χ1v) is 8.70. The summed E-state index contributed by atoms with van der Waals surface area (Å²) in [6.07, 6.45) is 0.473. The van der Waals surface area contributed by atoms with E-state index >= 15 is 0 Å². The molecule has 2 saturated heterocycles. The molecular weight excluding hydrogens is 264 g/mol. The highest BCUT2D eigenvalue weighted by atomic mass is 32.2. The molecule has 5 nitrogen and oxygen atoms in total. The summed E-state index contributed by atoms with van der Waals surface area (Å²) in [7, 11) is -1.09. The van der Waals surface area contributed by atoms with Gasteiger partial charge in [-0.1, -0.05) is 13.8 Å². The Morgan fingerprint density at radius 3 is 2.68 bits per heavy atom. The number of sulfone groups is 1. The van der Waals surface area contributed by atoms with Crippen molar-refractivity contribution in [1.82, 2.24) is 10.2 Å². The molecule has 0 aromatic rings. The normalized spacial score (nSPS) is 34.2. The first kappa shape index (κ1) is 14.8. The molecule has 0 aromatic heterocycles. The molecule has 0 unspecified atom stereocenters. The van der Waals surface area contributed by atoms with Crippen molar-refractivity contribution in [2.24, 2.45) is 17.8 Å². The number of carbonyl (C=O) groups excluding carboxylic acids is 1. The van der Waals surface area contributed by atoms with Crippen LogP contribution in [0.5, 0.6) is 0 Å². The van der Waals surface area contributed by atoms with E-state index in [2.05, 4.69) is 19.2 Å². The smallest absolute Gasteiger partial charge is 0.223 e. The van der Waals surface area contributed by atoms with Crippen LogP contribution < -0.4 is 5.32 Å². The maximum Gasteiger partial charge on any atom is 0.223 e. The third-order valence-corrected chi connectivity index (χ3v) is 6.43. The van der Waals surface area contributed by atoms with Crippen LogP contribution in [0.3, 0.4) is 0 Å². The van der Waals surface area contributed by atoms with Crippen LogP contribution in [-0.4, -0.2) is 56.9 Å². The second-order valence-electron chi connectivity index (χ2n) is 6.32. The van der Waals surface area contributed by atoms with E-state index in [0.717, 1.165) is 0 Å². The number of nitrogens with zero attached hydrogens (tertiary/aromatic N) is 1. The Hall–Kier alpha value is -0.620. The quantitative estimate of drug-likeness (QED) is 0.801. The fourth-order valence-electron chi connectivity index (χ4n) is 3.18. The van der Waals surface area contributed by atoms with Crippen LogP contribution in [0.2, 0.25) is 0 Å². The Morgan fingerprint density at radius 1 is 1.37 bits per heavy atom. The molecule has 0 aromatic carbocycles. The van der Waals surface area contributed by atoms with Crippen LogP contribution in [-0.2, 0) is 14.6 Å². The van der Waals surface area contributed by atoms with Gasteiger partial charge in [0.15, 0.2) is 9.84 Å². The number of nitrogens with one attached hydrogen (secondary N) is 1. The lowest BCUT2D eigenvalue weighted by Crippen LogP contribution is -2.47. The number of likely N-dealkylation sites (tertiary alicyclic amines) is 1. The van der Waals surface area contributed by atoms with Crippen LogP contribution >= 0.6 is 0 Å². The van der Waals surface area contributed by atoms with E-state index in [0.29, 0.717) is 32.0 Å². The fourth-order valence-corrected chi connectivity index (χ4v) is 5.35. The highest BCUT2D eigenvalue weighted by Gasteiger charge is 2.49. The number of hydrogen-bond acceptors (Lipinski definition) is 4. The van der Waals surface area contributed by atoms with Gasteiger partial charge in [-0.05, 0) is 19.4 Å². The van der Waals surface area contributed by atoms with Gasteiger partial charge >= 0.3 is 0 Å². The molecule has 110 valence electrons. The Morgan fingerprint density at radius 2 is 2.05 bits per heavy atom. The lowest BCUT2D eigenvalue weighted by atomic mass is 9.87. The van der Waals surface area contributed by atoms with Crippen molar-refractivity contribution in [3.05, 3.63) is 0 Å². The molecule has 0 radical (unpaired) electrons. The van der Waals surface area contributed by atoms with E-state index in [9.17, 15) is 13.2 Å². The molecule has 2 fully saturated rings. The molecule has 2 heterocycles. The number of fused-ring (bicyclic) bond motifs is 1. The molecule has 0 bridgehead atoms. The molecule has 1 amide bonds. The van der Waals surface area contributed by atoms with Crippen molar-refractivity contribution in [3.63, 3.8) is 0 Å². The van der Waals surface area contributed by atoms with Crippen molar-refractivity contribution in [3.8, 4) is 0 Å². The van der Waals surface area contributed by atoms with Gasteiger partial charge in [0, 0.05) is 31.5 Å². The van der Waals surface area contributed by atoms with Crippen molar-refractivity contribution < 1.29 is 13.2 Å². The van der Waals surface area contributed by atoms with Crippen LogP contribution in [0, 0.1) is 17.8 Å². The molecule has 0 aliphatic carbocycles. The third-order valence-electron chi connectivity index (χ3n) is 4.20. The van der Waals surface area contributed by atoms with E-state index in [1.807, 2.05) is 11.9 Å². The largest absolute Gasteiger partial charge is 0.356 e. The van der Waals surface area contributed by atoms with Gasteiger partial charge in [-0.2, -0.15) is 0 Å². The van der Waals surface area contributed by atoms with Crippen molar-refractivity contribution in [2.45, 2.75) is 25.5 Å². The first-order chi connectivity index (χ1) is 8.81. The summed E-state index contributed by atoms with van der Waals surface area (Å²) < 4.78 is 24.2. The van der Waals surface area contributed by atoms with Crippen molar-refractivity contribution >= 4 is 15.7 Å². The molecule has 2 rings (SSSR count). The van der Waals surface area contributed by atoms with Crippen LogP contribution in [0.1, 0.15) is 20.3 Å². The summed E-state index contributed by atoms with van der Waals surface area (Å²) in [6.45, 7) is 6.05. The van der Waals surface area contributed by atoms with Gasteiger partial charge in [-0.25, -0.2) is 8.42 Å². The summed E-state index contributed by atoms with van der Waals surface area (Å²) in [4.78, 5) is 14.3. The molecule has 3 atom stereocenters. The Balaban J connectivity index is 2.09. The van der Waals surface area contributed by atoms with Gasteiger partial charge < -0.3 is 10.2 Å². The zero-order valence-electron chi connectivity index (χ0n) is 11.9. The highest BCUT2D eigenvalue weighted by molar-refractivity contribution is 7.92. The van der Waals surface area contributed by atoms with Gasteiger partial charge in [-0.15, -0.1) is 0 Å². The topological polar surface area (TPSA) is 66.5 Å². The Labute approximate surface area is 115 Å². The second kappa shape index (κ2) is 5.40. The monoisotopic (exact) mass is 288 g/mol. The number of amides is 1. The third kappa shape index (κ3) is 3.11. The summed E-state index contributed by atoms with van der Waals surface area (Å²) in [5, 5.41) is 2.61. The molecule has 0 spiro atoms. The average Bonchev–Trinajstić information content (AvgIpc) is 2.69. The molecule has 2 aliphatic rings. The zero-order chi connectivity index (χ0) is 14.2. The lowest BCUT2D eigenvalue weighted by molar-refractivity contribution is -0.126. The molecule has 1 N–H and O–H groups in total. The summed E-state index contributed by atoms with van der Waals surface area (Å²) >= 11 is 0. The minimum atomic E-state index is -3.01. The Bertz CT molecular complexity index is 447. The average molecular weight is 288 g/mol. The maximum absolute atomic E-state index is 12.2. The maximum atomic E-state index is 12.2. The minimum Gasteiger partial charge on any atom is -0.356 e. The number of rotatable bonds is 3. The lowest BCUT2D eigenvalue weighted by Gasteiger charge is -2.32. The predicted octanol–water partition coefficient (Wildman–Crippen LogP) is 0.124. The number of carbonyl (C=O) groups is 1. The fraction of sp³-hybridized carbons (Fsp3) is 0.923. The van der Waals surface area contributed by atoms with Gasteiger partial charge in [0.2, 0.25) is 5.91 Å². The van der Waals surface area contributed by atoms with Gasteiger partial charge in [0.25, 0.3) is 0 Å².